The molecule has 0 atom stereocenters. The molecule has 0 amide bonds. The maximum Gasteiger partial charge on any atom is 0.195 e. The van der Waals surface area contributed by atoms with Crippen LogP contribution in [-0.2, 0) is 13.0 Å². The van der Waals surface area contributed by atoms with Crippen molar-refractivity contribution in [2.75, 3.05) is 36.5 Å². The van der Waals surface area contributed by atoms with E-state index in [0.717, 1.165) is 63.5 Å². The van der Waals surface area contributed by atoms with Gasteiger partial charge < -0.3 is 19.9 Å². The molecule has 0 radical (unpaired) electrons. The Morgan fingerprint density at radius 3 is 2.55 bits per heavy atom. The van der Waals surface area contributed by atoms with E-state index in [4.69, 9.17) is 10.1 Å². The Hall–Kier alpha value is -3.54. The summed E-state index contributed by atoms with van der Waals surface area (Å²) in [7, 11) is 0. The molecular weight excluding hydrogens is 410 g/mol. The van der Waals surface area contributed by atoms with Gasteiger partial charge in [-0.1, -0.05) is 24.3 Å². The highest BCUT2D eigenvalue weighted by Crippen LogP contribution is 2.27. The van der Waals surface area contributed by atoms with Crippen LogP contribution in [0.15, 0.2) is 73.1 Å². The van der Waals surface area contributed by atoms with Crippen LogP contribution < -0.4 is 15.0 Å². The molecule has 170 valence electrons. The zero-order valence-corrected chi connectivity index (χ0v) is 18.9. The number of anilines is 2. The zero-order chi connectivity index (χ0) is 22.5. The minimum absolute atomic E-state index is 0.444. The molecule has 0 unspecified atom stereocenters. The average molecular weight is 442 g/mol. The van der Waals surface area contributed by atoms with E-state index in [0.29, 0.717) is 11.9 Å². The van der Waals surface area contributed by atoms with E-state index in [1.165, 1.54) is 16.8 Å². The summed E-state index contributed by atoms with van der Waals surface area (Å²) < 4.78 is 6.23. The summed E-state index contributed by atoms with van der Waals surface area (Å²) in [6.07, 6.45) is 6.95. The third-order valence-corrected chi connectivity index (χ3v) is 6.67. The predicted octanol–water partition coefficient (Wildman–Crippen LogP) is 4.78. The van der Waals surface area contributed by atoms with Gasteiger partial charge in [-0.25, -0.2) is 0 Å². The van der Waals surface area contributed by atoms with Crippen LogP contribution >= 0.6 is 0 Å². The number of hydrogen-bond acceptors (Lipinski definition) is 4. The molecule has 5 rings (SSSR count). The lowest BCUT2D eigenvalue weighted by Crippen LogP contribution is -2.39. The number of pyridine rings is 1. The molecule has 1 aromatic heterocycles. The lowest BCUT2D eigenvalue weighted by atomic mass is 9.97. The van der Waals surface area contributed by atoms with E-state index in [1.807, 2.05) is 42.7 Å². The molecule has 0 aliphatic carbocycles. The second kappa shape index (κ2) is 9.94. The minimum Gasteiger partial charge on any atom is -0.493 e. The number of para-hydroxylation sites is 1. The highest BCUT2D eigenvalue weighted by Gasteiger charge is 2.22. The van der Waals surface area contributed by atoms with E-state index in [2.05, 4.69) is 50.4 Å². The van der Waals surface area contributed by atoms with E-state index in [1.54, 1.807) is 0 Å². The second-order valence-corrected chi connectivity index (χ2v) is 8.89. The first-order valence-electron chi connectivity index (χ1n) is 11.8. The molecule has 1 fully saturated rings. The van der Waals surface area contributed by atoms with E-state index >= 15 is 0 Å². The molecule has 0 saturated carbocycles. The number of fused-ring (bicyclic) bond motifs is 1. The van der Waals surface area contributed by atoms with Gasteiger partial charge in [0.1, 0.15) is 5.75 Å². The van der Waals surface area contributed by atoms with E-state index in [-0.39, 0.29) is 0 Å². The number of nitrogens with one attached hydrogen (secondary N) is 2. The summed E-state index contributed by atoms with van der Waals surface area (Å²) in [5.41, 5.74) is 4.82. The Bertz CT molecular complexity index is 1060. The number of guanidine groups is 1. The van der Waals surface area contributed by atoms with Crippen LogP contribution in [0, 0.1) is 11.3 Å². The van der Waals surface area contributed by atoms with Crippen LogP contribution in [0.5, 0.6) is 5.75 Å². The number of aromatic nitrogens is 1. The summed E-state index contributed by atoms with van der Waals surface area (Å²) >= 11 is 0. The molecule has 2 N–H and O–H groups in total. The standard InChI is InChI=1S/C27H31N5O/c28-27(30-24-4-2-1-3-5-24)32-17-12-22-6-7-26(18-23(22)19-32)33-20-21-10-15-31(16-11-21)25-8-13-29-14-9-25/h1-9,13-14,18,21H,10-12,15-17,19-20H2,(H2,28,30). The summed E-state index contributed by atoms with van der Waals surface area (Å²) in [6, 6.07) is 20.6. The summed E-state index contributed by atoms with van der Waals surface area (Å²) in [4.78, 5) is 8.64. The third kappa shape index (κ3) is 5.28. The van der Waals surface area contributed by atoms with E-state index in [9.17, 15) is 0 Å². The fourth-order valence-electron chi connectivity index (χ4n) is 4.68. The first kappa shape index (κ1) is 21.3. The second-order valence-electron chi connectivity index (χ2n) is 8.89. The van der Waals surface area contributed by atoms with Crippen molar-refractivity contribution in [2.45, 2.75) is 25.8 Å². The molecule has 1 saturated heterocycles. The van der Waals surface area contributed by atoms with Crippen LogP contribution in [0.1, 0.15) is 24.0 Å². The van der Waals surface area contributed by atoms with Crippen LogP contribution in [0.2, 0.25) is 0 Å². The monoisotopic (exact) mass is 441 g/mol. The van der Waals surface area contributed by atoms with Crippen LogP contribution in [0.3, 0.4) is 0 Å². The van der Waals surface area contributed by atoms with Crippen LogP contribution in [-0.4, -0.2) is 42.1 Å². The molecule has 6 nitrogen and oxygen atoms in total. The zero-order valence-electron chi connectivity index (χ0n) is 18.9. The fourth-order valence-corrected chi connectivity index (χ4v) is 4.68. The van der Waals surface area contributed by atoms with E-state index < -0.39 is 0 Å². The number of piperidine rings is 1. The molecule has 3 aromatic rings. The van der Waals surface area contributed by atoms with Crippen molar-refractivity contribution in [2.24, 2.45) is 5.92 Å². The number of benzene rings is 2. The molecule has 3 heterocycles. The Balaban J connectivity index is 1.13. The molecular formula is C27H31N5O. The van der Waals surface area contributed by atoms with Gasteiger partial charge in [-0.3, -0.25) is 10.4 Å². The quantitative estimate of drug-likeness (QED) is 0.441. The fraction of sp³-hybridized carbons (Fsp3) is 0.333. The van der Waals surface area contributed by atoms with Crippen molar-refractivity contribution >= 4 is 17.3 Å². The van der Waals surface area contributed by atoms with Crippen molar-refractivity contribution in [3.05, 3.63) is 84.2 Å². The highest BCUT2D eigenvalue weighted by atomic mass is 16.5. The number of nitrogens with zero attached hydrogens (tertiary/aromatic N) is 3. The molecule has 0 bridgehead atoms. The van der Waals surface area contributed by atoms with Gasteiger partial charge in [0.2, 0.25) is 0 Å². The molecule has 33 heavy (non-hydrogen) atoms. The maximum absolute atomic E-state index is 8.49. The van der Waals surface area contributed by atoms with Gasteiger partial charge in [0, 0.05) is 49.9 Å². The summed E-state index contributed by atoms with van der Waals surface area (Å²) in [6.45, 7) is 4.47. The first-order valence-corrected chi connectivity index (χ1v) is 11.8. The number of rotatable bonds is 5. The van der Waals surface area contributed by atoms with Crippen molar-refractivity contribution < 1.29 is 4.74 Å². The van der Waals surface area contributed by atoms with Gasteiger partial charge in [0.25, 0.3) is 0 Å². The molecule has 2 aliphatic heterocycles. The molecule has 6 heteroatoms. The normalized spacial score (nSPS) is 16.2. The Morgan fingerprint density at radius 2 is 1.76 bits per heavy atom. The maximum atomic E-state index is 8.49. The Labute approximate surface area is 195 Å². The number of ether oxygens (including phenoxy) is 1. The van der Waals surface area contributed by atoms with Crippen molar-refractivity contribution in [1.29, 1.82) is 5.41 Å². The highest BCUT2D eigenvalue weighted by molar-refractivity contribution is 5.91. The minimum atomic E-state index is 0.444. The van der Waals surface area contributed by atoms with Gasteiger partial charge in [-0.05, 0) is 72.7 Å². The Kier molecular flexibility index (Phi) is 6.42. The van der Waals surface area contributed by atoms with Crippen molar-refractivity contribution in [3.63, 3.8) is 0 Å². The molecule has 2 aromatic carbocycles. The summed E-state index contributed by atoms with van der Waals surface area (Å²) in [5, 5.41) is 11.7. The average Bonchev–Trinajstić information content (AvgIpc) is 2.88. The Morgan fingerprint density at radius 1 is 0.970 bits per heavy atom. The van der Waals surface area contributed by atoms with Crippen LogP contribution in [0.25, 0.3) is 0 Å². The molecule has 2 aliphatic rings. The predicted molar refractivity (Wildman–Crippen MR) is 133 cm³/mol. The number of hydrogen-bond donors (Lipinski definition) is 2. The first-order chi connectivity index (χ1) is 16.2. The lowest BCUT2D eigenvalue weighted by molar-refractivity contribution is 0.222. The van der Waals surface area contributed by atoms with Gasteiger partial charge in [0.15, 0.2) is 5.96 Å². The van der Waals surface area contributed by atoms with Crippen molar-refractivity contribution in [3.8, 4) is 5.75 Å². The van der Waals surface area contributed by atoms with Gasteiger partial charge in [-0.15, -0.1) is 0 Å². The van der Waals surface area contributed by atoms with Gasteiger partial charge in [0.05, 0.1) is 6.61 Å². The van der Waals surface area contributed by atoms with Crippen LogP contribution in [0.4, 0.5) is 11.4 Å². The van der Waals surface area contributed by atoms with Gasteiger partial charge in [-0.2, -0.15) is 0 Å². The molecule has 0 spiro atoms. The summed E-state index contributed by atoms with van der Waals surface area (Å²) in [5.74, 6) is 1.97. The van der Waals surface area contributed by atoms with Gasteiger partial charge >= 0.3 is 0 Å². The topological polar surface area (TPSA) is 64.5 Å². The largest absolute Gasteiger partial charge is 0.493 e. The third-order valence-electron chi connectivity index (χ3n) is 6.67. The SMILES string of the molecule is N=C(Nc1ccccc1)N1CCc2ccc(OCC3CCN(c4ccncc4)CC3)cc2C1. The smallest absolute Gasteiger partial charge is 0.195 e. The van der Waals surface area contributed by atoms with Crippen molar-refractivity contribution in [1.82, 2.24) is 9.88 Å². The lowest BCUT2D eigenvalue weighted by Gasteiger charge is -2.33.